The van der Waals surface area contributed by atoms with E-state index < -0.39 is 0 Å². The summed E-state index contributed by atoms with van der Waals surface area (Å²) in [6, 6.07) is 12.2. The number of hydrogen-bond acceptors (Lipinski definition) is 4. The van der Waals surface area contributed by atoms with Gasteiger partial charge in [0, 0.05) is 6.42 Å². The summed E-state index contributed by atoms with van der Waals surface area (Å²) in [7, 11) is 0. The van der Waals surface area contributed by atoms with Crippen LogP contribution in [-0.4, -0.2) is 21.2 Å². The Labute approximate surface area is 128 Å². The molecule has 5 heteroatoms. The molecule has 0 saturated carbocycles. The van der Waals surface area contributed by atoms with Gasteiger partial charge in [0.15, 0.2) is 11.4 Å². The van der Waals surface area contributed by atoms with E-state index in [1.807, 2.05) is 24.3 Å². The zero-order valence-corrected chi connectivity index (χ0v) is 12.3. The van der Waals surface area contributed by atoms with Crippen LogP contribution in [0.4, 0.5) is 5.82 Å². The first-order valence-electron chi connectivity index (χ1n) is 7.27. The maximum absolute atomic E-state index is 6.14. The predicted molar refractivity (Wildman–Crippen MR) is 86.1 cm³/mol. The minimum Gasteiger partial charge on any atom is -0.490 e. The lowest BCUT2D eigenvalue weighted by atomic mass is 10.0. The topological polar surface area (TPSA) is 65.4 Å². The fourth-order valence-electron chi connectivity index (χ4n) is 2.68. The van der Waals surface area contributed by atoms with E-state index >= 15 is 0 Å². The monoisotopic (exact) mass is 292 g/mol. The molecule has 2 N–H and O–H groups in total. The second-order valence-electron chi connectivity index (χ2n) is 5.45. The average Bonchev–Trinajstić information content (AvgIpc) is 3.16. The molecular weight excluding hydrogens is 276 g/mol. The number of nitrogens with two attached hydrogens (primary N) is 1. The number of aryl methyl sites for hydroxylation is 1. The third-order valence-electron chi connectivity index (χ3n) is 3.74. The standard InChI is InChI=1S/C17H16N4O/c1-11-4-2-5-12(8-11)13-9-15(18)21-16(10-13)19-17(20-21)14-6-3-7-22-14/h2,4-6,8-10H,3,7,18H2,1H3. The van der Waals surface area contributed by atoms with Gasteiger partial charge in [-0.15, -0.1) is 5.10 Å². The molecule has 0 bridgehead atoms. The maximum atomic E-state index is 6.14. The van der Waals surface area contributed by atoms with Gasteiger partial charge in [-0.3, -0.25) is 0 Å². The minimum atomic E-state index is 0.561. The number of benzene rings is 1. The third-order valence-corrected chi connectivity index (χ3v) is 3.74. The van der Waals surface area contributed by atoms with E-state index in [-0.39, 0.29) is 0 Å². The highest BCUT2D eigenvalue weighted by molar-refractivity contribution is 5.72. The summed E-state index contributed by atoms with van der Waals surface area (Å²) in [6.07, 6.45) is 2.90. The summed E-state index contributed by atoms with van der Waals surface area (Å²) in [4.78, 5) is 4.54. The van der Waals surface area contributed by atoms with Crippen LogP contribution in [0, 0.1) is 6.92 Å². The number of hydrogen-bond donors (Lipinski definition) is 1. The van der Waals surface area contributed by atoms with Gasteiger partial charge in [0.1, 0.15) is 5.82 Å². The van der Waals surface area contributed by atoms with Gasteiger partial charge in [-0.25, -0.2) is 4.98 Å². The van der Waals surface area contributed by atoms with Crippen molar-refractivity contribution in [1.82, 2.24) is 14.6 Å². The van der Waals surface area contributed by atoms with Crippen LogP contribution in [0.3, 0.4) is 0 Å². The van der Waals surface area contributed by atoms with Crippen molar-refractivity contribution >= 4 is 17.2 Å². The molecule has 3 aromatic rings. The summed E-state index contributed by atoms with van der Waals surface area (Å²) in [5.41, 5.74) is 10.2. The van der Waals surface area contributed by atoms with Crippen LogP contribution < -0.4 is 5.73 Å². The Morgan fingerprint density at radius 3 is 2.86 bits per heavy atom. The Kier molecular flexibility index (Phi) is 2.85. The van der Waals surface area contributed by atoms with E-state index in [9.17, 15) is 0 Å². The Balaban J connectivity index is 1.85. The molecule has 0 amide bonds. The highest BCUT2D eigenvalue weighted by Crippen LogP contribution is 2.26. The Bertz CT molecular complexity index is 895. The highest BCUT2D eigenvalue weighted by Gasteiger charge is 2.16. The van der Waals surface area contributed by atoms with Crippen LogP contribution >= 0.6 is 0 Å². The third kappa shape index (κ3) is 2.11. The lowest BCUT2D eigenvalue weighted by molar-refractivity contribution is 0.305. The lowest BCUT2D eigenvalue weighted by Crippen LogP contribution is -1.99. The van der Waals surface area contributed by atoms with Gasteiger partial charge in [-0.05, 0) is 36.3 Å². The second-order valence-corrected chi connectivity index (χ2v) is 5.45. The van der Waals surface area contributed by atoms with Crippen LogP contribution in [-0.2, 0) is 4.74 Å². The van der Waals surface area contributed by atoms with E-state index in [0.29, 0.717) is 18.2 Å². The Hall–Kier alpha value is -2.82. The molecule has 5 nitrogen and oxygen atoms in total. The summed E-state index contributed by atoms with van der Waals surface area (Å²) in [5, 5.41) is 4.43. The van der Waals surface area contributed by atoms with Gasteiger partial charge in [0.05, 0.1) is 6.61 Å². The smallest absolute Gasteiger partial charge is 0.217 e. The number of anilines is 1. The van der Waals surface area contributed by atoms with E-state index in [1.54, 1.807) is 4.52 Å². The van der Waals surface area contributed by atoms with Crippen LogP contribution in [0.5, 0.6) is 0 Å². The van der Waals surface area contributed by atoms with Gasteiger partial charge in [0.25, 0.3) is 0 Å². The lowest BCUT2D eigenvalue weighted by Gasteiger charge is -2.05. The zero-order chi connectivity index (χ0) is 15.1. The fourth-order valence-corrected chi connectivity index (χ4v) is 2.68. The molecule has 110 valence electrons. The van der Waals surface area contributed by atoms with E-state index in [4.69, 9.17) is 10.5 Å². The molecule has 4 rings (SSSR count). The number of fused-ring (bicyclic) bond motifs is 1. The van der Waals surface area contributed by atoms with Gasteiger partial charge >= 0.3 is 0 Å². The van der Waals surface area contributed by atoms with E-state index in [1.165, 1.54) is 5.56 Å². The molecule has 1 aliphatic rings. The highest BCUT2D eigenvalue weighted by atomic mass is 16.5. The van der Waals surface area contributed by atoms with Crippen molar-refractivity contribution in [3.63, 3.8) is 0 Å². The summed E-state index contributed by atoms with van der Waals surface area (Å²) >= 11 is 0. The van der Waals surface area contributed by atoms with Gasteiger partial charge in [-0.1, -0.05) is 29.8 Å². The Morgan fingerprint density at radius 2 is 2.09 bits per heavy atom. The van der Waals surface area contributed by atoms with Crippen LogP contribution in [0.2, 0.25) is 0 Å². The number of nitrogen functional groups attached to an aromatic ring is 1. The van der Waals surface area contributed by atoms with Crippen LogP contribution in [0.1, 0.15) is 17.8 Å². The van der Waals surface area contributed by atoms with E-state index in [0.717, 1.165) is 29.0 Å². The second kappa shape index (κ2) is 4.87. The fraction of sp³-hybridized carbons (Fsp3) is 0.176. The molecule has 1 aliphatic heterocycles. The van der Waals surface area contributed by atoms with Crippen molar-refractivity contribution < 1.29 is 4.74 Å². The number of pyridine rings is 1. The van der Waals surface area contributed by atoms with Crippen LogP contribution in [0.15, 0.2) is 42.5 Å². The molecule has 0 saturated heterocycles. The zero-order valence-electron chi connectivity index (χ0n) is 12.3. The molecule has 0 atom stereocenters. The number of ether oxygens (including phenoxy) is 1. The van der Waals surface area contributed by atoms with Crippen molar-refractivity contribution in [2.24, 2.45) is 0 Å². The quantitative estimate of drug-likeness (QED) is 0.788. The van der Waals surface area contributed by atoms with Crippen LogP contribution in [0.25, 0.3) is 22.5 Å². The predicted octanol–water partition coefficient (Wildman–Crippen LogP) is 3.05. The normalized spacial score (nSPS) is 14.1. The summed E-state index contributed by atoms with van der Waals surface area (Å²) < 4.78 is 7.17. The first kappa shape index (κ1) is 12.9. The molecule has 0 unspecified atom stereocenters. The molecule has 0 fully saturated rings. The molecule has 3 heterocycles. The van der Waals surface area contributed by atoms with Crippen molar-refractivity contribution in [3.8, 4) is 11.1 Å². The van der Waals surface area contributed by atoms with Crippen molar-refractivity contribution in [3.05, 3.63) is 53.9 Å². The first-order chi connectivity index (χ1) is 10.7. The van der Waals surface area contributed by atoms with Gasteiger partial charge in [-0.2, -0.15) is 4.52 Å². The summed E-state index contributed by atoms with van der Waals surface area (Å²) in [5.74, 6) is 1.89. The maximum Gasteiger partial charge on any atom is 0.217 e. The molecule has 1 aromatic carbocycles. The van der Waals surface area contributed by atoms with E-state index in [2.05, 4.69) is 35.2 Å². The molecule has 0 spiro atoms. The number of nitrogens with zero attached hydrogens (tertiary/aromatic N) is 3. The van der Waals surface area contributed by atoms with Crippen molar-refractivity contribution in [2.45, 2.75) is 13.3 Å². The number of aromatic nitrogens is 3. The molecule has 0 radical (unpaired) electrons. The van der Waals surface area contributed by atoms with Gasteiger partial charge in [0.2, 0.25) is 5.82 Å². The molecular formula is C17H16N4O. The largest absolute Gasteiger partial charge is 0.490 e. The minimum absolute atomic E-state index is 0.561. The van der Waals surface area contributed by atoms with Crippen molar-refractivity contribution in [1.29, 1.82) is 0 Å². The Morgan fingerprint density at radius 1 is 1.18 bits per heavy atom. The van der Waals surface area contributed by atoms with Gasteiger partial charge < -0.3 is 10.5 Å². The molecule has 0 aliphatic carbocycles. The molecule has 2 aromatic heterocycles. The average molecular weight is 292 g/mol. The summed E-state index contributed by atoms with van der Waals surface area (Å²) in [6.45, 7) is 2.76. The first-order valence-corrected chi connectivity index (χ1v) is 7.27. The SMILES string of the molecule is Cc1cccc(-c2cc(N)n3nc(C4=CCCO4)nc3c2)c1. The molecule has 22 heavy (non-hydrogen) atoms. The number of rotatable bonds is 2. The van der Waals surface area contributed by atoms with Crippen molar-refractivity contribution in [2.75, 3.05) is 12.3 Å².